The van der Waals surface area contributed by atoms with Crippen LogP contribution in [-0.2, 0) is 26.5 Å². The van der Waals surface area contributed by atoms with E-state index in [0.717, 1.165) is 16.7 Å². The number of nitrogens with zero attached hydrogens (tertiary/aromatic N) is 3. The summed E-state index contributed by atoms with van der Waals surface area (Å²) in [6.07, 6.45) is 1.51. The van der Waals surface area contributed by atoms with E-state index in [9.17, 15) is 5.11 Å². The van der Waals surface area contributed by atoms with Crippen LogP contribution in [0.15, 0.2) is 133 Å². The Morgan fingerprint density at radius 2 is 1.44 bits per heavy atom. The molecule has 0 aliphatic heterocycles. The first kappa shape index (κ1) is 27.1. The number of para-hydroxylation sites is 1. The second-order valence-electron chi connectivity index (χ2n) is 14.6. The van der Waals surface area contributed by atoms with Gasteiger partial charge in [-0.15, -0.1) is 29.3 Å². The molecule has 6 aromatic carbocycles. The maximum atomic E-state index is 11.7. The van der Waals surface area contributed by atoms with Crippen molar-refractivity contribution in [3.05, 3.63) is 167 Å². The van der Waals surface area contributed by atoms with Gasteiger partial charge in [-0.2, -0.15) is 0 Å². The van der Waals surface area contributed by atoms with Crippen LogP contribution in [-0.4, -0.2) is 19.6 Å². The van der Waals surface area contributed by atoms with Gasteiger partial charge in [0.1, 0.15) is 11.6 Å². The molecule has 0 saturated heterocycles. The third-order valence-electron chi connectivity index (χ3n) is 9.67. The smallest absolute Gasteiger partial charge is 0.148 e. The summed E-state index contributed by atoms with van der Waals surface area (Å²) in [7, 11) is 0. The number of fused-ring (bicyclic) bond motifs is 1. The van der Waals surface area contributed by atoms with Gasteiger partial charge < -0.3 is 5.11 Å². The van der Waals surface area contributed by atoms with Gasteiger partial charge in [-0.3, -0.25) is 9.55 Å². The van der Waals surface area contributed by atoms with Crippen molar-refractivity contribution in [1.82, 2.24) is 14.5 Å². The average molecular weight is 908 g/mol. The molecule has 1 N–H and O–H groups in total. The Morgan fingerprint density at radius 1 is 0.691 bits per heavy atom. The van der Waals surface area contributed by atoms with Gasteiger partial charge in [0.05, 0.1) is 27.8 Å². The summed E-state index contributed by atoms with van der Waals surface area (Å²) in [5.74, 6) is 0.505. The molecule has 0 spiro atoms. The zero-order valence-electron chi connectivity index (χ0n) is 41.0. The molecule has 4 nitrogen and oxygen atoms in total. The normalized spacial score (nSPS) is 14.6. The third-order valence-corrected chi connectivity index (χ3v) is 9.67. The number of phenols is 1. The minimum Gasteiger partial charge on any atom is -0.507 e. The van der Waals surface area contributed by atoms with Gasteiger partial charge in [-0.25, -0.2) is 4.98 Å². The minimum atomic E-state index is -2.84. The summed E-state index contributed by atoms with van der Waals surface area (Å²) in [4.78, 5) is 10.0. The van der Waals surface area contributed by atoms with Gasteiger partial charge in [0.2, 0.25) is 0 Å². The fourth-order valence-electron chi connectivity index (χ4n) is 6.93. The minimum absolute atomic E-state index is 0. The van der Waals surface area contributed by atoms with Gasteiger partial charge in [0, 0.05) is 46.7 Å². The molecule has 0 unspecified atom stereocenters. The average Bonchev–Trinajstić information content (AvgIpc) is 3.63. The standard InChI is InChI=1S/C50H44N3O.Pt/c1-31-16-19-35(20-17-31)37-22-23-51-44(30-37)39-27-38(28-40(29-39)50(5,6)7)41-14-11-15-46-47(41)52-49(43-26-33(3)24-34(4)48(43)54)53(46)45-21-18-32(2)25-42(45)36-12-9-8-10-13-36;/h8-26,28-30,54H,1-7H3;/q-1;/i1D3,2D3,16D,17D,19D,20D;. The maximum absolute atomic E-state index is 11.7. The van der Waals surface area contributed by atoms with Crippen molar-refractivity contribution >= 4 is 11.0 Å². The quantitative estimate of drug-likeness (QED) is 0.169. The summed E-state index contributed by atoms with van der Waals surface area (Å²) >= 11 is 0. The van der Waals surface area contributed by atoms with E-state index in [2.05, 4.69) is 31.8 Å². The SMILES string of the molecule is [2H]c1c([2H])c(C([2H])([2H])[2H])c([2H])c([2H])c1-c1ccnc(-c2[c-]c(-c3cccc4c3nc(-c3cc(C)cc(C)c3O)n4-c3ccc(C([2H])([2H])[2H])cc3-c3ccccc3)cc(C(C)(C)C)c2)c1.[Pt]. The predicted molar refractivity (Wildman–Crippen MR) is 224 cm³/mol. The van der Waals surface area contributed by atoms with E-state index in [-0.39, 0.29) is 43.4 Å². The summed E-state index contributed by atoms with van der Waals surface area (Å²) < 4.78 is 84.9. The van der Waals surface area contributed by atoms with Crippen LogP contribution in [0, 0.1) is 33.6 Å². The van der Waals surface area contributed by atoms with E-state index >= 15 is 0 Å². The second kappa shape index (κ2) is 14.9. The Labute approximate surface area is 352 Å². The fraction of sp³-hybridized carbons (Fsp3) is 0.160. The number of aryl methyl sites for hydroxylation is 3. The van der Waals surface area contributed by atoms with Crippen molar-refractivity contribution in [2.24, 2.45) is 0 Å². The van der Waals surface area contributed by atoms with E-state index < -0.39 is 43.4 Å². The monoisotopic (exact) mass is 907 g/mol. The van der Waals surface area contributed by atoms with E-state index in [0.29, 0.717) is 67.2 Å². The van der Waals surface area contributed by atoms with Crippen molar-refractivity contribution < 1.29 is 39.9 Å². The Hall–Kier alpha value is -5.57. The molecule has 8 rings (SSSR count). The molecule has 0 atom stereocenters. The molecule has 0 saturated carbocycles. The van der Waals surface area contributed by atoms with Gasteiger partial charge in [0.15, 0.2) is 0 Å². The van der Waals surface area contributed by atoms with Gasteiger partial charge in [-0.1, -0.05) is 128 Å². The Kier molecular flexibility index (Phi) is 7.35. The largest absolute Gasteiger partial charge is 0.507 e. The van der Waals surface area contributed by atoms with Crippen LogP contribution in [0.4, 0.5) is 0 Å². The van der Waals surface area contributed by atoms with Crippen LogP contribution in [0.1, 0.15) is 62.3 Å². The number of aromatic nitrogens is 3. The van der Waals surface area contributed by atoms with Crippen LogP contribution < -0.4 is 0 Å². The molecule has 0 radical (unpaired) electrons. The Morgan fingerprint density at radius 3 is 2.18 bits per heavy atom. The first-order chi connectivity index (χ1) is 30.0. The molecule has 2 heterocycles. The van der Waals surface area contributed by atoms with E-state index in [1.54, 1.807) is 30.3 Å². The summed E-state index contributed by atoms with van der Waals surface area (Å²) in [5, 5.41) is 11.7. The molecule has 8 aromatic rings. The van der Waals surface area contributed by atoms with Crippen molar-refractivity contribution in [1.29, 1.82) is 0 Å². The first-order valence-electron chi connectivity index (χ1n) is 22.7. The van der Waals surface area contributed by atoms with Crippen LogP contribution in [0.2, 0.25) is 0 Å². The number of imidazole rings is 1. The first-order valence-corrected chi connectivity index (χ1v) is 17.7. The van der Waals surface area contributed by atoms with Crippen molar-refractivity contribution in [3.63, 3.8) is 0 Å². The summed E-state index contributed by atoms with van der Waals surface area (Å²) in [5.41, 5.74) is 8.25. The van der Waals surface area contributed by atoms with Crippen LogP contribution in [0.25, 0.3) is 72.7 Å². The van der Waals surface area contributed by atoms with Crippen molar-refractivity contribution in [2.45, 2.75) is 53.7 Å². The number of aromatic hydroxyl groups is 1. The Bertz CT molecular complexity index is 3120. The van der Waals surface area contributed by atoms with E-state index in [4.69, 9.17) is 18.7 Å². The maximum Gasteiger partial charge on any atom is 0.148 e. The molecule has 5 heteroatoms. The predicted octanol–water partition coefficient (Wildman–Crippen LogP) is 12.8. The molecule has 0 fully saturated rings. The van der Waals surface area contributed by atoms with E-state index in [1.165, 1.54) is 6.20 Å². The summed E-state index contributed by atoms with van der Waals surface area (Å²) in [6.45, 7) is 4.83. The molecule has 0 aliphatic carbocycles. The molecule has 55 heavy (non-hydrogen) atoms. The molecular weight excluding hydrogens is 854 g/mol. The molecule has 2 aromatic heterocycles. The molecule has 0 bridgehead atoms. The number of hydrogen-bond donors (Lipinski definition) is 1. The van der Waals surface area contributed by atoms with Crippen molar-refractivity contribution in [3.8, 4) is 67.5 Å². The topological polar surface area (TPSA) is 50.9 Å². The molecule has 0 amide bonds. The van der Waals surface area contributed by atoms with Crippen molar-refractivity contribution in [2.75, 3.05) is 0 Å². The zero-order valence-corrected chi connectivity index (χ0v) is 33.3. The Balaban J connectivity index is 0.00000630. The van der Waals surface area contributed by atoms with E-state index in [1.807, 2.05) is 91.2 Å². The number of pyridine rings is 1. The summed E-state index contributed by atoms with van der Waals surface area (Å²) in [6, 6.07) is 32.9. The van der Waals surface area contributed by atoms with Gasteiger partial charge in [-0.05, 0) is 91.1 Å². The molecule has 276 valence electrons. The van der Waals surface area contributed by atoms with Gasteiger partial charge >= 0.3 is 0 Å². The number of phenolic OH excluding ortho intramolecular Hbond substituents is 1. The van der Waals surface area contributed by atoms with Gasteiger partial charge in [0.25, 0.3) is 0 Å². The number of benzene rings is 6. The number of hydrogen-bond acceptors (Lipinski definition) is 3. The fourth-order valence-corrected chi connectivity index (χ4v) is 6.93. The molecular formula is C50H44N3OPt-. The van der Waals surface area contributed by atoms with Crippen LogP contribution in [0.5, 0.6) is 5.75 Å². The third kappa shape index (κ3) is 7.32. The van der Waals surface area contributed by atoms with Crippen LogP contribution >= 0.6 is 0 Å². The zero-order chi connectivity index (χ0) is 46.2. The number of rotatable bonds is 6. The second-order valence-corrected chi connectivity index (χ2v) is 14.6. The van der Waals surface area contributed by atoms with Crippen LogP contribution in [0.3, 0.4) is 0 Å². The molecule has 0 aliphatic rings.